The first-order valence-corrected chi connectivity index (χ1v) is 8.70. The number of hydrogen-bond donors (Lipinski definition) is 1. The van der Waals surface area contributed by atoms with Crippen LogP contribution < -0.4 is 5.32 Å². The fourth-order valence-electron chi connectivity index (χ4n) is 1.90. The maximum absolute atomic E-state index is 12.2. The van der Waals surface area contributed by atoms with Crippen LogP contribution in [0.2, 0.25) is 5.02 Å². The van der Waals surface area contributed by atoms with Crippen molar-refractivity contribution in [2.45, 2.75) is 29.0 Å². The van der Waals surface area contributed by atoms with Gasteiger partial charge in [0.1, 0.15) is 5.54 Å². The summed E-state index contributed by atoms with van der Waals surface area (Å²) in [4.78, 5) is 13.1. The molecule has 0 saturated carbocycles. The molecule has 20 heavy (non-hydrogen) atoms. The van der Waals surface area contributed by atoms with E-state index in [0.29, 0.717) is 17.2 Å². The van der Waals surface area contributed by atoms with Crippen LogP contribution in [0.5, 0.6) is 0 Å². The van der Waals surface area contributed by atoms with Crippen molar-refractivity contribution < 1.29 is 4.79 Å². The summed E-state index contributed by atoms with van der Waals surface area (Å²) in [6.07, 6.45) is 0.712. The SMILES string of the molecule is CC(Sc1ccccc1Cl)C(=O)NC1(C#N)CCSC1. The normalized spacial score (nSPS) is 23.1. The average Bonchev–Trinajstić information content (AvgIpc) is 2.90. The summed E-state index contributed by atoms with van der Waals surface area (Å²) in [5.41, 5.74) is -0.697. The molecule has 1 saturated heterocycles. The number of thioether (sulfide) groups is 2. The number of rotatable bonds is 4. The first kappa shape index (κ1) is 15.6. The molecule has 0 bridgehead atoms. The largest absolute Gasteiger partial charge is 0.336 e. The van der Waals surface area contributed by atoms with E-state index in [1.807, 2.05) is 25.1 Å². The number of carbonyl (C=O) groups excluding carboxylic acids is 1. The van der Waals surface area contributed by atoms with Crippen molar-refractivity contribution in [2.24, 2.45) is 0 Å². The third-order valence-electron chi connectivity index (χ3n) is 3.11. The number of nitriles is 1. The molecule has 1 amide bonds. The standard InChI is InChI=1S/C14H15ClN2OS2/c1-10(20-12-5-3-2-4-11(12)15)13(18)17-14(8-16)6-7-19-9-14/h2-5,10H,6-7,9H2,1H3,(H,17,18). The van der Waals surface area contributed by atoms with Crippen molar-refractivity contribution in [3.8, 4) is 6.07 Å². The summed E-state index contributed by atoms with van der Waals surface area (Å²) >= 11 is 9.20. The summed E-state index contributed by atoms with van der Waals surface area (Å²) < 4.78 is 0. The van der Waals surface area contributed by atoms with Gasteiger partial charge in [-0.3, -0.25) is 4.79 Å². The Hall–Kier alpha value is -0.830. The summed E-state index contributed by atoms with van der Waals surface area (Å²) in [6, 6.07) is 9.70. The Kier molecular flexibility index (Phi) is 5.25. The van der Waals surface area contributed by atoms with Gasteiger partial charge in [0, 0.05) is 10.6 Å². The monoisotopic (exact) mass is 326 g/mol. The second-order valence-corrected chi connectivity index (χ2v) is 7.57. The van der Waals surface area contributed by atoms with Gasteiger partial charge >= 0.3 is 0 Å². The molecule has 3 nitrogen and oxygen atoms in total. The smallest absolute Gasteiger partial charge is 0.234 e. The van der Waals surface area contributed by atoms with Crippen molar-refractivity contribution in [1.29, 1.82) is 5.26 Å². The van der Waals surface area contributed by atoms with E-state index in [4.69, 9.17) is 11.6 Å². The van der Waals surface area contributed by atoms with Gasteiger partial charge in [0.25, 0.3) is 0 Å². The van der Waals surface area contributed by atoms with Crippen LogP contribution >= 0.6 is 35.1 Å². The molecule has 0 spiro atoms. The third-order valence-corrected chi connectivity index (χ3v) is 5.92. The average molecular weight is 327 g/mol. The van der Waals surface area contributed by atoms with E-state index in [1.165, 1.54) is 11.8 Å². The number of nitrogens with one attached hydrogen (secondary N) is 1. The predicted molar refractivity (Wildman–Crippen MR) is 85.2 cm³/mol. The van der Waals surface area contributed by atoms with Crippen molar-refractivity contribution in [1.82, 2.24) is 5.32 Å². The van der Waals surface area contributed by atoms with Crippen LogP contribution in [-0.4, -0.2) is 28.2 Å². The van der Waals surface area contributed by atoms with Crippen LogP contribution in [0.4, 0.5) is 0 Å². The number of carbonyl (C=O) groups is 1. The Morgan fingerprint density at radius 1 is 1.60 bits per heavy atom. The second-order valence-electron chi connectivity index (χ2n) is 4.68. The quantitative estimate of drug-likeness (QED) is 0.862. The Morgan fingerprint density at radius 3 is 2.95 bits per heavy atom. The maximum atomic E-state index is 12.2. The maximum Gasteiger partial charge on any atom is 0.234 e. The van der Waals surface area contributed by atoms with Gasteiger partial charge < -0.3 is 5.32 Å². The molecular formula is C14H15ClN2OS2. The first-order chi connectivity index (χ1) is 9.56. The minimum atomic E-state index is -0.697. The number of hydrogen-bond acceptors (Lipinski definition) is 4. The van der Waals surface area contributed by atoms with E-state index in [-0.39, 0.29) is 11.2 Å². The summed E-state index contributed by atoms with van der Waals surface area (Å²) in [6.45, 7) is 1.83. The zero-order chi connectivity index (χ0) is 14.6. The minimum absolute atomic E-state index is 0.112. The van der Waals surface area contributed by atoms with Gasteiger partial charge in [-0.05, 0) is 31.2 Å². The molecule has 2 atom stereocenters. The first-order valence-electron chi connectivity index (χ1n) is 6.28. The van der Waals surface area contributed by atoms with Crippen LogP contribution in [0, 0.1) is 11.3 Å². The van der Waals surface area contributed by atoms with E-state index < -0.39 is 5.54 Å². The molecule has 0 radical (unpaired) electrons. The van der Waals surface area contributed by atoms with Crippen LogP contribution in [0.3, 0.4) is 0 Å². The summed E-state index contributed by atoms with van der Waals surface area (Å²) in [5.74, 6) is 1.47. The number of halogens is 1. The zero-order valence-electron chi connectivity index (χ0n) is 11.1. The van der Waals surface area contributed by atoms with Crippen molar-refractivity contribution in [3.05, 3.63) is 29.3 Å². The Balaban J connectivity index is 1.99. The molecular weight excluding hydrogens is 312 g/mol. The van der Waals surface area contributed by atoms with Gasteiger partial charge in [0.05, 0.1) is 16.3 Å². The molecule has 1 fully saturated rings. The molecule has 2 unspecified atom stereocenters. The van der Waals surface area contributed by atoms with Crippen LogP contribution in [0.1, 0.15) is 13.3 Å². The highest BCUT2D eigenvalue weighted by atomic mass is 35.5. The molecule has 0 aromatic heterocycles. The van der Waals surface area contributed by atoms with E-state index in [2.05, 4.69) is 11.4 Å². The highest BCUT2D eigenvalue weighted by Gasteiger charge is 2.37. The van der Waals surface area contributed by atoms with Gasteiger partial charge in [-0.1, -0.05) is 23.7 Å². The molecule has 106 valence electrons. The molecule has 2 rings (SSSR count). The van der Waals surface area contributed by atoms with E-state index in [9.17, 15) is 10.1 Å². The fraction of sp³-hybridized carbons (Fsp3) is 0.429. The van der Waals surface area contributed by atoms with Gasteiger partial charge in [-0.15, -0.1) is 11.8 Å². The Labute approximate surface area is 132 Å². The molecule has 1 aliphatic heterocycles. The molecule has 1 aliphatic rings. The van der Waals surface area contributed by atoms with Crippen molar-refractivity contribution in [2.75, 3.05) is 11.5 Å². The zero-order valence-corrected chi connectivity index (χ0v) is 13.4. The lowest BCUT2D eigenvalue weighted by Gasteiger charge is -2.23. The van der Waals surface area contributed by atoms with Crippen LogP contribution in [0.15, 0.2) is 29.2 Å². The lowest BCUT2D eigenvalue weighted by atomic mass is 10.0. The van der Waals surface area contributed by atoms with E-state index in [0.717, 1.165) is 10.6 Å². The molecule has 1 aromatic rings. The molecule has 1 N–H and O–H groups in total. The molecule has 1 heterocycles. The lowest BCUT2D eigenvalue weighted by Crippen LogP contribution is -2.50. The van der Waals surface area contributed by atoms with Gasteiger partial charge in [0.15, 0.2) is 0 Å². The topological polar surface area (TPSA) is 52.9 Å². The minimum Gasteiger partial charge on any atom is -0.336 e. The number of benzene rings is 1. The third kappa shape index (κ3) is 3.63. The van der Waals surface area contributed by atoms with Crippen molar-refractivity contribution in [3.63, 3.8) is 0 Å². The Morgan fingerprint density at radius 2 is 2.35 bits per heavy atom. The summed E-state index contributed by atoms with van der Waals surface area (Å²) in [5, 5.41) is 12.5. The molecule has 0 aliphatic carbocycles. The van der Waals surface area contributed by atoms with E-state index >= 15 is 0 Å². The van der Waals surface area contributed by atoms with E-state index in [1.54, 1.807) is 17.8 Å². The van der Waals surface area contributed by atoms with Crippen molar-refractivity contribution >= 4 is 41.0 Å². The Bertz CT molecular complexity index is 538. The van der Waals surface area contributed by atoms with Gasteiger partial charge in [-0.25, -0.2) is 0 Å². The highest BCUT2D eigenvalue weighted by molar-refractivity contribution is 8.00. The van der Waals surface area contributed by atoms with Gasteiger partial charge in [0.2, 0.25) is 5.91 Å². The lowest BCUT2D eigenvalue weighted by molar-refractivity contribution is -0.121. The highest BCUT2D eigenvalue weighted by Crippen LogP contribution is 2.31. The van der Waals surface area contributed by atoms with Gasteiger partial charge in [-0.2, -0.15) is 17.0 Å². The van der Waals surface area contributed by atoms with Crippen LogP contribution in [-0.2, 0) is 4.79 Å². The number of amides is 1. The second kappa shape index (κ2) is 6.75. The molecule has 6 heteroatoms. The number of nitrogens with zero attached hydrogens (tertiary/aromatic N) is 1. The fourth-order valence-corrected chi connectivity index (χ4v) is 4.32. The summed E-state index contributed by atoms with van der Waals surface area (Å²) in [7, 11) is 0. The molecule has 1 aromatic carbocycles. The predicted octanol–water partition coefficient (Wildman–Crippen LogP) is 3.34. The van der Waals surface area contributed by atoms with Crippen LogP contribution in [0.25, 0.3) is 0 Å².